The number of carbonyl (C=O) groups excluding carboxylic acids is 2. The number of nitrogens with zero attached hydrogens (tertiary/aromatic N) is 2. The second-order valence-electron chi connectivity index (χ2n) is 7.29. The Morgan fingerprint density at radius 1 is 1.00 bits per heavy atom. The molecule has 2 aliphatic rings. The average molecular weight is 328 g/mol. The van der Waals surface area contributed by atoms with Crippen LogP contribution < -0.4 is 0 Å². The van der Waals surface area contributed by atoms with E-state index < -0.39 is 0 Å². The first-order valence-electron chi connectivity index (χ1n) is 9.17. The van der Waals surface area contributed by atoms with E-state index in [4.69, 9.17) is 0 Å². The predicted octanol–water partition coefficient (Wildman–Crippen LogP) is 2.71. The van der Waals surface area contributed by atoms with Gasteiger partial charge in [-0.1, -0.05) is 30.2 Å². The molecule has 2 fully saturated rings. The maximum atomic E-state index is 12.7. The van der Waals surface area contributed by atoms with Crippen LogP contribution in [-0.4, -0.2) is 47.8 Å². The lowest BCUT2D eigenvalue weighted by Gasteiger charge is -2.31. The molecule has 4 heteroatoms. The van der Waals surface area contributed by atoms with Gasteiger partial charge in [0.1, 0.15) is 0 Å². The Balaban J connectivity index is 1.58. The zero-order chi connectivity index (χ0) is 17.1. The van der Waals surface area contributed by atoms with Crippen molar-refractivity contribution in [3.05, 3.63) is 34.9 Å². The number of hydrogen-bond acceptors (Lipinski definition) is 2. The fourth-order valence-corrected chi connectivity index (χ4v) is 3.57. The van der Waals surface area contributed by atoms with E-state index in [1.54, 1.807) is 0 Å². The minimum absolute atomic E-state index is 0.182. The molecule has 0 aromatic heterocycles. The van der Waals surface area contributed by atoms with Gasteiger partial charge in [-0.05, 0) is 44.2 Å². The van der Waals surface area contributed by atoms with Crippen LogP contribution in [-0.2, 0) is 16.0 Å². The molecule has 130 valence electrons. The normalized spacial score (nSPS) is 18.9. The summed E-state index contributed by atoms with van der Waals surface area (Å²) in [7, 11) is 0. The Morgan fingerprint density at radius 2 is 1.71 bits per heavy atom. The summed E-state index contributed by atoms with van der Waals surface area (Å²) in [5, 5.41) is 0. The summed E-state index contributed by atoms with van der Waals surface area (Å²) < 4.78 is 0. The molecule has 1 saturated carbocycles. The molecule has 24 heavy (non-hydrogen) atoms. The second-order valence-corrected chi connectivity index (χ2v) is 7.29. The van der Waals surface area contributed by atoms with Gasteiger partial charge in [-0.25, -0.2) is 0 Å². The summed E-state index contributed by atoms with van der Waals surface area (Å²) in [4.78, 5) is 29.0. The highest BCUT2D eigenvalue weighted by molar-refractivity contribution is 5.81. The van der Waals surface area contributed by atoms with Crippen molar-refractivity contribution >= 4 is 11.8 Å². The van der Waals surface area contributed by atoms with Crippen molar-refractivity contribution in [1.29, 1.82) is 0 Å². The molecule has 1 aromatic rings. The van der Waals surface area contributed by atoms with Gasteiger partial charge in [0.15, 0.2) is 0 Å². The molecule has 4 nitrogen and oxygen atoms in total. The van der Waals surface area contributed by atoms with Crippen molar-refractivity contribution in [3.63, 3.8) is 0 Å². The summed E-state index contributed by atoms with van der Waals surface area (Å²) in [6, 6.07) is 6.27. The zero-order valence-electron chi connectivity index (χ0n) is 14.9. The molecular weight excluding hydrogens is 300 g/mol. The van der Waals surface area contributed by atoms with E-state index in [1.807, 2.05) is 9.80 Å². The third-order valence-electron chi connectivity index (χ3n) is 5.46. The first kappa shape index (κ1) is 17.0. The number of hydrogen-bond donors (Lipinski definition) is 0. The Labute approximate surface area is 144 Å². The van der Waals surface area contributed by atoms with E-state index in [-0.39, 0.29) is 11.8 Å². The van der Waals surface area contributed by atoms with Gasteiger partial charge in [-0.2, -0.15) is 0 Å². The molecule has 3 rings (SSSR count). The molecule has 0 radical (unpaired) electrons. The largest absolute Gasteiger partial charge is 0.341 e. The van der Waals surface area contributed by atoms with Gasteiger partial charge in [0.25, 0.3) is 0 Å². The summed E-state index contributed by atoms with van der Waals surface area (Å²) in [5.74, 6) is 0.744. The molecule has 0 bridgehead atoms. The molecule has 1 saturated heterocycles. The smallest absolute Gasteiger partial charge is 0.227 e. The van der Waals surface area contributed by atoms with Crippen LogP contribution in [0, 0.1) is 19.8 Å². The van der Waals surface area contributed by atoms with Crippen LogP contribution in [0.5, 0.6) is 0 Å². The third-order valence-corrected chi connectivity index (χ3v) is 5.46. The number of benzene rings is 1. The third kappa shape index (κ3) is 3.80. The lowest BCUT2D eigenvalue weighted by Crippen LogP contribution is -2.41. The lowest BCUT2D eigenvalue weighted by molar-refractivity contribution is -0.138. The van der Waals surface area contributed by atoms with Crippen molar-refractivity contribution in [2.75, 3.05) is 26.2 Å². The monoisotopic (exact) mass is 328 g/mol. The van der Waals surface area contributed by atoms with Gasteiger partial charge in [-0.3, -0.25) is 9.59 Å². The quantitative estimate of drug-likeness (QED) is 0.856. The van der Waals surface area contributed by atoms with E-state index in [1.165, 1.54) is 17.5 Å². The minimum atomic E-state index is 0.182. The maximum absolute atomic E-state index is 12.7. The number of aryl methyl sites for hydroxylation is 2. The second kappa shape index (κ2) is 7.37. The van der Waals surface area contributed by atoms with Crippen molar-refractivity contribution in [3.8, 4) is 0 Å². The fraction of sp³-hybridized carbons (Fsp3) is 0.600. The van der Waals surface area contributed by atoms with E-state index in [2.05, 4.69) is 32.0 Å². The van der Waals surface area contributed by atoms with Crippen LogP contribution in [0.3, 0.4) is 0 Å². The molecule has 0 atom stereocenters. The maximum Gasteiger partial charge on any atom is 0.227 e. The minimum Gasteiger partial charge on any atom is -0.341 e. The number of rotatable bonds is 3. The lowest BCUT2D eigenvalue weighted by atomic mass is 9.84. The summed E-state index contributed by atoms with van der Waals surface area (Å²) in [6.45, 7) is 7.03. The van der Waals surface area contributed by atoms with E-state index in [0.29, 0.717) is 25.4 Å². The molecular formula is C20H28N2O2. The molecule has 0 N–H and O–H groups in total. The summed E-state index contributed by atoms with van der Waals surface area (Å²) in [5.41, 5.74) is 3.48. The number of amides is 2. The molecule has 2 amide bonds. The molecule has 0 spiro atoms. The van der Waals surface area contributed by atoms with Crippen LogP contribution in [0.15, 0.2) is 18.2 Å². The fourth-order valence-electron chi connectivity index (χ4n) is 3.57. The van der Waals surface area contributed by atoms with E-state index >= 15 is 0 Å². The number of carbonyl (C=O) groups is 2. The SMILES string of the molecule is Cc1ccc(C)c(CC(=O)N2CCCN(C(=O)C3CCC3)CC2)c1. The van der Waals surface area contributed by atoms with Crippen LogP contribution in [0.1, 0.15) is 42.4 Å². The average Bonchev–Trinajstić information content (AvgIpc) is 2.75. The summed E-state index contributed by atoms with van der Waals surface area (Å²) in [6.07, 6.45) is 4.63. The van der Waals surface area contributed by atoms with Crippen LogP contribution in [0.25, 0.3) is 0 Å². The van der Waals surface area contributed by atoms with Crippen LogP contribution in [0.4, 0.5) is 0 Å². The van der Waals surface area contributed by atoms with Gasteiger partial charge in [0, 0.05) is 32.1 Å². The van der Waals surface area contributed by atoms with Crippen molar-refractivity contribution in [1.82, 2.24) is 9.80 Å². The van der Waals surface area contributed by atoms with E-state index in [0.717, 1.165) is 37.9 Å². The standard InChI is InChI=1S/C20H28N2O2/c1-15-7-8-16(2)18(13-15)14-19(23)21-9-4-10-22(12-11-21)20(24)17-5-3-6-17/h7-8,13,17H,3-6,9-12,14H2,1-2H3. The predicted molar refractivity (Wildman–Crippen MR) is 94.7 cm³/mol. The van der Waals surface area contributed by atoms with Gasteiger partial charge in [0.05, 0.1) is 6.42 Å². The molecule has 1 aliphatic carbocycles. The highest BCUT2D eigenvalue weighted by atomic mass is 16.2. The first-order valence-corrected chi connectivity index (χ1v) is 9.17. The van der Waals surface area contributed by atoms with Crippen LogP contribution >= 0.6 is 0 Å². The Bertz CT molecular complexity index is 622. The highest BCUT2D eigenvalue weighted by Gasteiger charge is 2.30. The van der Waals surface area contributed by atoms with Crippen molar-refractivity contribution in [2.45, 2.75) is 46.0 Å². The van der Waals surface area contributed by atoms with Crippen molar-refractivity contribution < 1.29 is 9.59 Å². The zero-order valence-corrected chi connectivity index (χ0v) is 14.9. The molecule has 1 aromatic carbocycles. The molecule has 1 heterocycles. The molecule has 1 aliphatic heterocycles. The van der Waals surface area contributed by atoms with Crippen LogP contribution in [0.2, 0.25) is 0 Å². The first-order chi connectivity index (χ1) is 11.5. The van der Waals surface area contributed by atoms with Crippen molar-refractivity contribution in [2.24, 2.45) is 5.92 Å². The Morgan fingerprint density at radius 3 is 2.42 bits per heavy atom. The Kier molecular flexibility index (Phi) is 5.22. The topological polar surface area (TPSA) is 40.6 Å². The summed E-state index contributed by atoms with van der Waals surface area (Å²) >= 11 is 0. The van der Waals surface area contributed by atoms with E-state index in [9.17, 15) is 9.59 Å². The van der Waals surface area contributed by atoms with Gasteiger partial charge < -0.3 is 9.80 Å². The Hall–Kier alpha value is -1.84. The van der Waals surface area contributed by atoms with Gasteiger partial charge >= 0.3 is 0 Å². The highest BCUT2D eigenvalue weighted by Crippen LogP contribution is 2.28. The van der Waals surface area contributed by atoms with Gasteiger partial charge in [-0.15, -0.1) is 0 Å². The van der Waals surface area contributed by atoms with Gasteiger partial charge in [0.2, 0.25) is 11.8 Å². The molecule has 0 unspecified atom stereocenters.